The number of carbonyl (C=O) groups excluding carboxylic acids is 1. The molecule has 0 spiro atoms. The number of rotatable bonds is 7. The number of carbonyl (C=O) groups is 1. The van der Waals surface area contributed by atoms with Gasteiger partial charge in [0.2, 0.25) is 0 Å². The van der Waals surface area contributed by atoms with Crippen molar-refractivity contribution in [3.8, 4) is 0 Å². The minimum Gasteiger partial charge on any atom is -0.307 e. The fourth-order valence-electron chi connectivity index (χ4n) is 3.25. The van der Waals surface area contributed by atoms with E-state index in [1.807, 2.05) is 30.3 Å². The van der Waals surface area contributed by atoms with Crippen LogP contribution in [0.3, 0.4) is 0 Å². The molecule has 7 nitrogen and oxygen atoms in total. The Kier molecular flexibility index (Phi) is 6.23. The van der Waals surface area contributed by atoms with Gasteiger partial charge in [0, 0.05) is 17.3 Å². The summed E-state index contributed by atoms with van der Waals surface area (Å²) >= 11 is 0. The molecule has 168 valence electrons. The van der Waals surface area contributed by atoms with Crippen LogP contribution >= 0.6 is 0 Å². The maximum Gasteiger partial charge on any atom is 0.261 e. The third kappa shape index (κ3) is 5.27. The average Bonchev–Trinajstić information content (AvgIpc) is 3.22. The number of hydrogen-bond acceptors (Lipinski definition) is 4. The first-order valence-corrected chi connectivity index (χ1v) is 11.6. The van der Waals surface area contributed by atoms with Crippen molar-refractivity contribution < 1.29 is 17.6 Å². The fourth-order valence-corrected chi connectivity index (χ4v) is 4.33. The molecule has 0 saturated carbocycles. The highest BCUT2D eigenvalue weighted by atomic mass is 32.2. The number of sulfonamides is 1. The first-order valence-electron chi connectivity index (χ1n) is 10.1. The molecule has 0 fully saturated rings. The Morgan fingerprint density at radius 3 is 2.45 bits per heavy atom. The highest BCUT2D eigenvalue weighted by Crippen LogP contribution is 2.21. The molecule has 33 heavy (non-hydrogen) atoms. The first-order chi connectivity index (χ1) is 15.8. The van der Waals surface area contributed by atoms with E-state index < -0.39 is 21.7 Å². The molecule has 3 aromatic carbocycles. The fraction of sp³-hybridized carbons (Fsp3) is 0.0833. The second kappa shape index (κ2) is 9.25. The van der Waals surface area contributed by atoms with Crippen LogP contribution in [-0.2, 0) is 16.6 Å². The second-order valence-electron chi connectivity index (χ2n) is 7.40. The lowest BCUT2D eigenvalue weighted by Crippen LogP contribution is -2.19. The van der Waals surface area contributed by atoms with Crippen LogP contribution in [0.25, 0.3) is 0 Å². The van der Waals surface area contributed by atoms with Gasteiger partial charge in [-0.05, 0) is 54.4 Å². The van der Waals surface area contributed by atoms with E-state index >= 15 is 0 Å². The van der Waals surface area contributed by atoms with Gasteiger partial charge in [0.25, 0.3) is 15.9 Å². The molecular formula is C24H21FN4O3S. The van der Waals surface area contributed by atoms with Crippen LogP contribution < -0.4 is 10.0 Å². The molecule has 0 aliphatic carbocycles. The van der Waals surface area contributed by atoms with Crippen molar-refractivity contribution in [2.75, 3.05) is 10.0 Å². The standard InChI is InChI=1S/C24H21FN4O3S/c1-17-7-12-21(33(31,32)28-20-10-8-19(25)9-11-20)15-22(17)24(30)27-23-13-14-26-29(23)16-18-5-3-2-4-6-18/h2-15,28H,16H2,1H3,(H,27,30). The van der Waals surface area contributed by atoms with Gasteiger partial charge in [-0.15, -0.1) is 0 Å². The number of nitrogens with one attached hydrogen (secondary N) is 2. The quantitative estimate of drug-likeness (QED) is 0.423. The van der Waals surface area contributed by atoms with Crippen molar-refractivity contribution in [2.24, 2.45) is 0 Å². The average molecular weight is 465 g/mol. The minimum absolute atomic E-state index is 0.0830. The first kappa shape index (κ1) is 22.2. The number of anilines is 2. The largest absolute Gasteiger partial charge is 0.307 e. The van der Waals surface area contributed by atoms with Crippen LogP contribution in [0, 0.1) is 12.7 Å². The predicted molar refractivity (Wildman–Crippen MR) is 124 cm³/mol. The Hall–Kier alpha value is -3.98. The normalized spacial score (nSPS) is 11.2. The van der Waals surface area contributed by atoms with Crippen LogP contribution in [0.4, 0.5) is 15.9 Å². The number of benzene rings is 3. The SMILES string of the molecule is Cc1ccc(S(=O)(=O)Nc2ccc(F)cc2)cc1C(=O)Nc1ccnn1Cc1ccccc1. The van der Waals surface area contributed by atoms with Crippen LogP contribution in [0.1, 0.15) is 21.5 Å². The van der Waals surface area contributed by atoms with Crippen molar-refractivity contribution in [3.05, 3.63) is 108 Å². The van der Waals surface area contributed by atoms with E-state index in [4.69, 9.17) is 0 Å². The van der Waals surface area contributed by atoms with Crippen LogP contribution in [0.15, 0.2) is 90.0 Å². The summed E-state index contributed by atoms with van der Waals surface area (Å²) in [6, 6.07) is 20.6. The minimum atomic E-state index is -3.98. The molecule has 1 aromatic heterocycles. The molecule has 0 aliphatic rings. The Morgan fingerprint density at radius 2 is 1.73 bits per heavy atom. The van der Waals surface area contributed by atoms with Gasteiger partial charge in [0.15, 0.2) is 0 Å². The summed E-state index contributed by atoms with van der Waals surface area (Å²) in [5.74, 6) is -0.444. The highest BCUT2D eigenvalue weighted by Gasteiger charge is 2.19. The Balaban J connectivity index is 1.55. The Bertz CT molecular complexity index is 1380. The lowest BCUT2D eigenvalue weighted by molar-refractivity contribution is 0.102. The molecule has 4 rings (SSSR count). The number of halogens is 1. The maximum atomic E-state index is 13.1. The van der Waals surface area contributed by atoms with Crippen LogP contribution in [0.5, 0.6) is 0 Å². The zero-order valence-corrected chi connectivity index (χ0v) is 18.5. The molecule has 0 radical (unpaired) electrons. The molecular weight excluding hydrogens is 443 g/mol. The number of nitrogens with zero attached hydrogens (tertiary/aromatic N) is 2. The zero-order valence-electron chi connectivity index (χ0n) is 17.7. The van der Waals surface area contributed by atoms with E-state index in [0.29, 0.717) is 17.9 Å². The molecule has 1 heterocycles. The summed E-state index contributed by atoms with van der Waals surface area (Å²) in [4.78, 5) is 12.9. The highest BCUT2D eigenvalue weighted by molar-refractivity contribution is 7.92. The zero-order chi connectivity index (χ0) is 23.4. The molecule has 0 unspecified atom stereocenters. The van der Waals surface area contributed by atoms with Crippen molar-refractivity contribution in [3.63, 3.8) is 0 Å². The molecule has 4 aromatic rings. The van der Waals surface area contributed by atoms with Crippen molar-refractivity contribution in [1.82, 2.24) is 9.78 Å². The number of aryl methyl sites for hydroxylation is 1. The van der Waals surface area contributed by atoms with Gasteiger partial charge in [-0.1, -0.05) is 36.4 Å². The maximum absolute atomic E-state index is 13.1. The van der Waals surface area contributed by atoms with E-state index in [0.717, 1.165) is 17.7 Å². The third-order valence-corrected chi connectivity index (χ3v) is 6.37. The summed E-state index contributed by atoms with van der Waals surface area (Å²) < 4.78 is 42.7. The molecule has 2 N–H and O–H groups in total. The number of amides is 1. The van der Waals surface area contributed by atoms with Gasteiger partial charge in [-0.3, -0.25) is 9.52 Å². The molecule has 1 amide bonds. The molecule has 0 saturated heterocycles. The lowest BCUT2D eigenvalue weighted by atomic mass is 10.1. The van der Waals surface area contributed by atoms with Crippen molar-refractivity contribution in [1.29, 1.82) is 0 Å². The van der Waals surface area contributed by atoms with E-state index in [9.17, 15) is 17.6 Å². The molecule has 0 bridgehead atoms. The van der Waals surface area contributed by atoms with Gasteiger partial charge >= 0.3 is 0 Å². The van der Waals surface area contributed by atoms with Gasteiger partial charge in [0.05, 0.1) is 17.6 Å². The molecule has 0 atom stereocenters. The van der Waals surface area contributed by atoms with Crippen molar-refractivity contribution in [2.45, 2.75) is 18.4 Å². The summed E-state index contributed by atoms with van der Waals surface area (Å²) in [5, 5.41) is 7.07. The Labute approximate surface area is 190 Å². The van der Waals surface area contributed by atoms with Crippen LogP contribution in [-0.4, -0.2) is 24.1 Å². The lowest BCUT2D eigenvalue weighted by Gasteiger charge is -2.13. The van der Waals surface area contributed by atoms with Crippen LogP contribution in [0.2, 0.25) is 0 Å². The Morgan fingerprint density at radius 1 is 1.00 bits per heavy atom. The monoisotopic (exact) mass is 464 g/mol. The number of aromatic nitrogens is 2. The summed E-state index contributed by atoms with van der Waals surface area (Å²) in [5.41, 5.74) is 2.06. The predicted octanol–water partition coefficient (Wildman–Crippen LogP) is 4.43. The van der Waals surface area contributed by atoms with Crippen molar-refractivity contribution >= 4 is 27.4 Å². The van der Waals surface area contributed by atoms with Gasteiger partial charge in [-0.2, -0.15) is 5.10 Å². The van der Waals surface area contributed by atoms with E-state index in [1.165, 1.54) is 24.3 Å². The topological polar surface area (TPSA) is 93.1 Å². The van der Waals surface area contributed by atoms with Gasteiger partial charge in [0.1, 0.15) is 11.6 Å². The van der Waals surface area contributed by atoms with E-state index in [-0.39, 0.29) is 16.1 Å². The summed E-state index contributed by atoms with van der Waals surface area (Å²) in [6.07, 6.45) is 1.58. The van der Waals surface area contributed by atoms with E-state index in [2.05, 4.69) is 15.1 Å². The second-order valence-corrected chi connectivity index (χ2v) is 9.09. The molecule has 0 aliphatic heterocycles. The smallest absolute Gasteiger partial charge is 0.261 e. The molecule has 9 heteroatoms. The van der Waals surface area contributed by atoms with Gasteiger partial charge < -0.3 is 5.32 Å². The summed E-state index contributed by atoms with van der Waals surface area (Å²) in [7, 11) is -3.98. The summed E-state index contributed by atoms with van der Waals surface area (Å²) in [6.45, 7) is 2.19. The third-order valence-electron chi connectivity index (χ3n) is 4.99. The van der Waals surface area contributed by atoms with Gasteiger partial charge in [-0.25, -0.2) is 17.5 Å². The van der Waals surface area contributed by atoms with E-state index in [1.54, 1.807) is 29.9 Å². The number of hydrogen-bond donors (Lipinski definition) is 2.